The molecule has 4 rings (SSSR count). The first kappa shape index (κ1) is 20.2. The van der Waals surface area contributed by atoms with Crippen LogP contribution < -0.4 is 0 Å². The lowest BCUT2D eigenvalue weighted by Crippen LogP contribution is -2.04. The second-order valence-corrected chi connectivity index (χ2v) is 8.89. The summed E-state index contributed by atoms with van der Waals surface area (Å²) in [6, 6.07) is 14.5. The molecular weight excluding hydrogens is 426 g/mol. The van der Waals surface area contributed by atoms with Gasteiger partial charge in [0.1, 0.15) is 0 Å². The first-order valence-corrected chi connectivity index (χ1v) is 11.4. The molecule has 1 aliphatic carbocycles. The van der Waals surface area contributed by atoms with Crippen LogP contribution in [0, 0.1) is 0 Å². The van der Waals surface area contributed by atoms with Crippen molar-refractivity contribution in [2.75, 3.05) is 7.11 Å². The highest BCUT2D eigenvalue weighted by Gasteiger charge is 2.21. The fourth-order valence-electron chi connectivity index (χ4n) is 4.63. The zero-order valence-corrected chi connectivity index (χ0v) is 18.6. The van der Waals surface area contributed by atoms with Gasteiger partial charge in [0.15, 0.2) is 0 Å². The maximum absolute atomic E-state index is 12.1. The van der Waals surface area contributed by atoms with Crippen molar-refractivity contribution in [3.63, 3.8) is 0 Å². The molecule has 0 amide bonds. The number of rotatable bonds is 6. The average molecular weight is 454 g/mol. The quantitative estimate of drug-likeness (QED) is 0.381. The highest BCUT2D eigenvalue weighted by Crippen LogP contribution is 2.38. The summed E-state index contributed by atoms with van der Waals surface area (Å²) in [5.41, 5.74) is 4.57. The van der Waals surface area contributed by atoms with E-state index in [2.05, 4.69) is 57.0 Å². The number of benzene rings is 2. The molecule has 3 aromatic rings. The summed E-state index contributed by atoms with van der Waals surface area (Å²) in [5, 5.41) is 1.30. The van der Waals surface area contributed by atoms with Crippen LogP contribution in [0.15, 0.2) is 53.1 Å². The molecule has 0 spiro atoms. The summed E-state index contributed by atoms with van der Waals surface area (Å²) in [6.45, 7) is 0.940. The van der Waals surface area contributed by atoms with Crippen molar-refractivity contribution in [1.82, 2.24) is 4.57 Å². The van der Waals surface area contributed by atoms with Gasteiger partial charge >= 0.3 is 5.97 Å². The van der Waals surface area contributed by atoms with Crippen molar-refractivity contribution in [3.8, 4) is 0 Å². The normalized spacial score (nSPS) is 15.0. The molecule has 0 bridgehead atoms. The Kier molecular flexibility index (Phi) is 6.39. The van der Waals surface area contributed by atoms with Crippen molar-refractivity contribution >= 4 is 32.8 Å². The van der Waals surface area contributed by atoms with Gasteiger partial charge in [0.05, 0.1) is 12.7 Å². The molecule has 0 N–H and O–H groups in total. The summed E-state index contributed by atoms with van der Waals surface area (Å²) >= 11 is 3.65. The third-order valence-electron chi connectivity index (χ3n) is 6.18. The summed E-state index contributed by atoms with van der Waals surface area (Å²) in [7, 11) is 1.44. The molecule has 0 unspecified atom stereocenters. The molecule has 1 aromatic heterocycles. The van der Waals surface area contributed by atoms with Crippen molar-refractivity contribution in [3.05, 3.63) is 69.8 Å². The smallest absolute Gasteiger partial charge is 0.337 e. The van der Waals surface area contributed by atoms with Gasteiger partial charge in [0.2, 0.25) is 0 Å². The minimum Gasteiger partial charge on any atom is -0.465 e. The Hall–Kier alpha value is -2.07. The van der Waals surface area contributed by atoms with Gasteiger partial charge in [-0.3, -0.25) is 0 Å². The number of nitrogens with zero attached hydrogens (tertiary/aromatic N) is 1. The van der Waals surface area contributed by atoms with E-state index in [4.69, 9.17) is 4.74 Å². The van der Waals surface area contributed by atoms with E-state index < -0.39 is 0 Å². The summed E-state index contributed by atoms with van der Waals surface area (Å²) in [5.74, 6) is 0.367. The number of fused-ring (bicyclic) bond motifs is 1. The van der Waals surface area contributed by atoms with E-state index in [9.17, 15) is 4.79 Å². The second-order valence-electron chi connectivity index (χ2n) is 8.03. The molecule has 1 heterocycles. The van der Waals surface area contributed by atoms with E-state index in [0.717, 1.165) is 24.9 Å². The van der Waals surface area contributed by atoms with Crippen LogP contribution in [0.2, 0.25) is 0 Å². The van der Waals surface area contributed by atoms with E-state index in [1.165, 1.54) is 60.2 Å². The lowest BCUT2D eigenvalue weighted by Gasteiger charge is -2.21. The van der Waals surface area contributed by atoms with Gasteiger partial charge in [0, 0.05) is 28.1 Å². The summed E-state index contributed by atoms with van der Waals surface area (Å²) in [4.78, 5) is 12.1. The number of aromatic nitrogens is 1. The van der Waals surface area contributed by atoms with Gasteiger partial charge in [-0.2, -0.15) is 0 Å². The number of aryl methyl sites for hydroxylation is 2. The van der Waals surface area contributed by atoms with Gasteiger partial charge in [-0.15, -0.1) is 0 Å². The second kappa shape index (κ2) is 9.17. The minimum absolute atomic E-state index is 0.271. The maximum Gasteiger partial charge on any atom is 0.337 e. The van der Waals surface area contributed by atoms with Gasteiger partial charge in [-0.05, 0) is 60.9 Å². The number of hydrogen-bond donors (Lipinski definition) is 0. The van der Waals surface area contributed by atoms with Crippen LogP contribution in [0.3, 0.4) is 0 Å². The molecule has 3 nitrogen and oxygen atoms in total. The predicted octanol–water partition coefficient (Wildman–Crippen LogP) is 6.87. The minimum atomic E-state index is -0.271. The lowest BCUT2D eigenvalue weighted by atomic mass is 9.84. The van der Waals surface area contributed by atoms with Crippen molar-refractivity contribution < 1.29 is 9.53 Å². The molecule has 2 aromatic carbocycles. The molecule has 1 saturated carbocycles. The number of methoxy groups -OCH3 is 1. The van der Waals surface area contributed by atoms with Crippen LogP contribution in [0.1, 0.15) is 65.9 Å². The van der Waals surface area contributed by atoms with Crippen LogP contribution in [-0.2, 0) is 17.7 Å². The molecule has 152 valence electrons. The van der Waals surface area contributed by atoms with Crippen molar-refractivity contribution in [2.45, 2.75) is 57.4 Å². The van der Waals surface area contributed by atoms with Crippen molar-refractivity contribution in [2.24, 2.45) is 0 Å². The predicted molar refractivity (Wildman–Crippen MR) is 122 cm³/mol. The van der Waals surface area contributed by atoms with Gasteiger partial charge in [-0.1, -0.05) is 59.5 Å². The Bertz CT molecular complexity index is 1000. The van der Waals surface area contributed by atoms with E-state index in [-0.39, 0.29) is 5.97 Å². The third-order valence-corrected chi connectivity index (χ3v) is 6.96. The molecular formula is C25H28BrNO2. The Morgan fingerprint density at radius 1 is 1.14 bits per heavy atom. The van der Waals surface area contributed by atoms with Gasteiger partial charge < -0.3 is 9.30 Å². The average Bonchev–Trinajstić information content (AvgIpc) is 3.13. The Balaban J connectivity index is 1.63. The van der Waals surface area contributed by atoms with E-state index in [0.29, 0.717) is 11.5 Å². The van der Waals surface area contributed by atoms with Gasteiger partial charge in [-0.25, -0.2) is 4.79 Å². The van der Waals surface area contributed by atoms with Crippen LogP contribution in [0.5, 0.6) is 0 Å². The van der Waals surface area contributed by atoms with E-state index in [1.807, 2.05) is 12.1 Å². The monoisotopic (exact) mass is 453 g/mol. The number of esters is 1. The zero-order valence-electron chi connectivity index (χ0n) is 17.0. The molecule has 1 fully saturated rings. The lowest BCUT2D eigenvalue weighted by molar-refractivity contribution is 0.0601. The first-order chi connectivity index (χ1) is 14.2. The van der Waals surface area contributed by atoms with Crippen LogP contribution in [-0.4, -0.2) is 17.6 Å². The number of carbonyl (C=O) groups excluding carboxylic acids is 1. The molecule has 0 atom stereocenters. The highest BCUT2D eigenvalue weighted by molar-refractivity contribution is 9.10. The number of carbonyl (C=O) groups is 1. The van der Waals surface area contributed by atoms with Crippen LogP contribution >= 0.6 is 15.9 Å². The topological polar surface area (TPSA) is 31.2 Å². The number of hydrogen-bond acceptors (Lipinski definition) is 2. The first-order valence-electron chi connectivity index (χ1n) is 10.6. The molecule has 0 aliphatic heterocycles. The van der Waals surface area contributed by atoms with E-state index in [1.54, 1.807) is 0 Å². The zero-order chi connectivity index (χ0) is 20.2. The highest BCUT2D eigenvalue weighted by atomic mass is 79.9. The largest absolute Gasteiger partial charge is 0.465 e. The molecule has 4 heteroatoms. The fourth-order valence-corrected chi connectivity index (χ4v) is 5.11. The Morgan fingerprint density at radius 3 is 2.69 bits per heavy atom. The number of halogens is 1. The summed E-state index contributed by atoms with van der Waals surface area (Å²) < 4.78 is 8.47. The SMILES string of the molecule is COC(=O)c1ccc2c(C3CCCCC3)cn(CCCc3ccccc3Br)c2c1. The van der Waals surface area contributed by atoms with Crippen LogP contribution in [0.25, 0.3) is 10.9 Å². The molecule has 0 saturated heterocycles. The van der Waals surface area contributed by atoms with Crippen molar-refractivity contribution in [1.29, 1.82) is 0 Å². The molecule has 29 heavy (non-hydrogen) atoms. The molecule has 1 aliphatic rings. The molecule has 0 radical (unpaired) electrons. The maximum atomic E-state index is 12.1. The Labute approximate surface area is 181 Å². The van der Waals surface area contributed by atoms with Crippen LogP contribution in [0.4, 0.5) is 0 Å². The standard InChI is InChI=1S/C25H28BrNO2/c1-29-25(28)20-13-14-21-22(18-8-3-2-4-9-18)17-27(24(21)16-20)15-7-11-19-10-5-6-12-23(19)26/h5-6,10,12-14,16-18H,2-4,7-9,11,15H2,1H3. The summed E-state index contributed by atoms with van der Waals surface area (Å²) in [6.07, 6.45) is 11.0. The number of ether oxygens (including phenoxy) is 1. The van der Waals surface area contributed by atoms with E-state index >= 15 is 0 Å². The fraction of sp³-hybridized carbons (Fsp3) is 0.400. The van der Waals surface area contributed by atoms with Gasteiger partial charge in [0.25, 0.3) is 0 Å². The Morgan fingerprint density at radius 2 is 1.93 bits per heavy atom. The third kappa shape index (κ3) is 4.42.